The number of hydrogen-bond acceptors (Lipinski definition) is 6. The van der Waals surface area contributed by atoms with Gasteiger partial charge >= 0.3 is 0 Å². The molecular weight excluding hydrogens is 465 g/mol. The van der Waals surface area contributed by atoms with Gasteiger partial charge in [-0.3, -0.25) is 14.5 Å². The molecule has 2 fully saturated rings. The Hall–Kier alpha value is -3.33. The first kappa shape index (κ1) is 25.8. The van der Waals surface area contributed by atoms with Crippen LogP contribution >= 0.6 is 0 Å². The average Bonchev–Trinajstić information content (AvgIpc) is 3.76. The van der Waals surface area contributed by atoms with Crippen molar-refractivity contribution in [3.63, 3.8) is 0 Å². The lowest BCUT2D eigenvalue weighted by atomic mass is 10.1. The number of rotatable bonds is 10. The Kier molecular flexibility index (Phi) is 8.30. The van der Waals surface area contributed by atoms with Crippen LogP contribution in [0, 0.1) is 11.7 Å². The number of nitrogens with zero attached hydrogens (tertiary/aromatic N) is 3. The molecule has 1 saturated carbocycles. The molecule has 1 aliphatic carbocycles. The summed E-state index contributed by atoms with van der Waals surface area (Å²) < 4.78 is 29.7. The smallest absolute Gasteiger partial charge is 0.254 e. The van der Waals surface area contributed by atoms with Crippen LogP contribution in [-0.2, 0) is 11.3 Å². The maximum atomic E-state index is 13.7. The summed E-state index contributed by atoms with van der Waals surface area (Å²) >= 11 is 0. The van der Waals surface area contributed by atoms with Crippen molar-refractivity contribution in [2.24, 2.45) is 5.92 Å². The van der Waals surface area contributed by atoms with Gasteiger partial charge in [0.2, 0.25) is 11.7 Å². The third kappa shape index (κ3) is 6.07. The van der Waals surface area contributed by atoms with E-state index in [9.17, 15) is 14.0 Å². The number of ether oxygens (including phenoxy) is 3. The molecule has 1 saturated heterocycles. The van der Waals surface area contributed by atoms with Crippen LogP contribution in [0.4, 0.5) is 4.39 Å². The number of methoxy groups -OCH3 is 3. The Balaban J connectivity index is 1.48. The maximum absolute atomic E-state index is 13.7. The second-order valence-electron chi connectivity index (χ2n) is 9.21. The predicted octanol–water partition coefficient (Wildman–Crippen LogP) is 3.05. The van der Waals surface area contributed by atoms with Gasteiger partial charge in [-0.15, -0.1) is 0 Å². The SMILES string of the molecule is COc1cc(C(=O)N(CCN2CCN(C(=O)C3CC3)CC2)Cc2ccc(F)cc2)cc(OC)c1OC. The minimum absolute atomic E-state index is 0.193. The summed E-state index contributed by atoms with van der Waals surface area (Å²) in [4.78, 5) is 32.0. The number of carbonyl (C=O) groups is 2. The fourth-order valence-electron chi connectivity index (χ4n) is 4.49. The molecule has 0 bridgehead atoms. The first-order valence-corrected chi connectivity index (χ1v) is 12.3. The lowest BCUT2D eigenvalue weighted by Gasteiger charge is -2.36. The Morgan fingerprint density at radius 1 is 0.944 bits per heavy atom. The van der Waals surface area contributed by atoms with Gasteiger partial charge in [-0.2, -0.15) is 0 Å². The molecule has 0 radical (unpaired) electrons. The van der Waals surface area contributed by atoms with Crippen molar-refractivity contribution in [2.45, 2.75) is 19.4 Å². The van der Waals surface area contributed by atoms with E-state index in [0.29, 0.717) is 55.5 Å². The van der Waals surface area contributed by atoms with Crippen LogP contribution in [0.15, 0.2) is 36.4 Å². The number of amides is 2. The zero-order chi connectivity index (χ0) is 25.7. The molecule has 9 heteroatoms. The fourth-order valence-corrected chi connectivity index (χ4v) is 4.49. The van der Waals surface area contributed by atoms with E-state index < -0.39 is 0 Å². The molecule has 0 unspecified atom stereocenters. The van der Waals surface area contributed by atoms with Crippen molar-refractivity contribution in [3.8, 4) is 17.2 Å². The molecule has 2 aromatic rings. The van der Waals surface area contributed by atoms with Crippen molar-refractivity contribution in [1.29, 1.82) is 0 Å². The Morgan fingerprint density at radius 3 is 2.08 bits per heavy atom. The Morgan fingerprint density at radius 2 is 1.56 bits per heavy atom. The summed E-state index contributed by atoms with van der Waals surface area (Å²) in [5.41, 5.74) is 1.24. The molecule has 1 aliphatic heterocycles. The molecule has 8 nitrogen and oxygen atoms in total. The van der Waals surface area contributed by atoms with Gasteiger partial charge in [0, 0.05) is 57.3 Å². The average molecular weight is 500 g/mol. The van der Waals surface area contributed by atoms with Crippen molar-refractivity contribution in [2.75, 3.05) is 60.6 Å². The Bertz CT molecular complexity index is 1040. The second-order valence-corrected chi connectivity index (χ2v) is 9.21. The van der Waals surface area contributed by atoms with Gasteiger partial charge in [0.25, 0.3) is 5.91 Å². The number of piperazine rings is 1. The summed E-state index contributed by atoms with van der Waals surface area (Å²) in [5.74, 6) is 1.22. The highest BCUT2D eigenvalue weighted by Gasteiger charge is 2.34. The molecule has 0 aromatic heterocycles. The lowest BCUT2D eigenvalue weighted by Crippen LogP contribution is -2.51. The summed E-state index contributed by atoms with van der Waals surface area (Å²) in [5, 5.41) is 0. The fraction of sp³-hybridized carbons (Fsp3) is 0.481. The largest absolute Gasteiger partial charge is 0.493 e. The molecule has 4 rings (SSSR count). The molecule has 0 atom stereocenters. The summed E-state index contributed by atoms with van der Waals surface area (Å²) in [6.45, 7) is 4.47. The quantitative estimate of drug-likeness (QED) is 0.501. The van der Waals surface area contributed by atoms with Crippen molar-refractivity contribution in [3.05, 3.63) is 53.3 Å². The molecule has 1 heterocycles. The first-order valence-electron chi connectivity index (χ1n) is 12.3. The van der Waals surface area contributed by atoms with Crippen molar-refractivity contribution >= 4 is 11.8 Å². The normalized spacial score (nSPS) is 15.9. The standard InChI is InChI=1S/C27H34FN3O5/c1-34-23-16-21(17-24(35-2)25(23)36-3)27(33)31(18-19-4-8-22(28)9-5-19)15-12-29-10-13-30(14-11-29)26(32)20-6-7-20/h4-5,8-9,16-17,20H,6-7,10-15,18H2,1-3H3. The topological polar surface area (TPSA) is 71.6 Å². The zero-order valence-electron chi connectivity index (χ0n) is 21.2. The van der Waals surface area contributed by atoms with Gasteiger partial charge < -0.3 is 24.0 Å². The van der Waals surface area contributed by atoms with Gasteiger partial charge in [-0.05, 0) is 42.7 Å². The van der Waals surface area contributed by atoms with Crippen LogP contribution in [0.2, 0.25) is 0 Å². The number of hydrogen-bond donors (Lipinski definition) is 0. The minimum Gasteiger partial charge on any atom is -0.493 e. The third-order valence-electron chi connectivity index (χ3n) is 6.78. The van der Waals surface area contributed by atoms with Crippen LogP contribution in [0.1, 0.15) is 28.8 Å². The summed E-state index contributed by atoms with van der Waals surface area (Å²) in [6, 6.07) is 9.45. The molecule has 36 heavy (non-hydrogen) atoms. The molecule has 0 spiro atoms. The van der Waals surface area contributed by atoms with E-state index in [1.807, 2.05) is 4.90 Å². The van der Waals surface area contributed by atoms with Crippen LogP contribution < -0.4 is 14.2 Å². The number of benzene rings is 2. The van der Waals surface area contributed by atoms with E-state index in [1.54, 1.807) is 29.2 Å². The second kappa shape index (κ2) is 11.6. The van der Waals surface area contributed by atoms with Gasteiger partial charge in [-0.1, -0.05) is 12.1 Å². The Labute approximate surface area is 211 Å². The molecule has 2 aliphatic rings. The predicted molar refractivity (Wildman–Crippen MR) is 133 cm³/mol. The van der Waals surface area contributed by atoms with Crippen LogP contribution in [-0.4, -0.2) is 87.1 Å². The van der Waals surface area contributed by atoms with Gasteiger partial charge in [-0.25, -0.2) is 4.39 Å². The van der Waals surface area contributed by atoms with E-state index in [-0.39, 0.29) is 23.5 Å². The van der Waals surface area contributed by atoms with Gasteiger partial charge in [0.05, 0.1) is 21.3 Å². The van der Waals surface area contributed by atoms with E-state index in [1.165, 1.54) is 33.5 Å². The molecule has 0 N–H and O–H groups in total. The lowest BCUT2D eigenvalue weighted by molar-refractivity contribution is -0.134. The molecule has 194 valence electrons. The highest BCUT2D eigenvalue weighted by Crippen LogP contribution is 2.38. The molecule has 2 amide bonds. The summed E-state index contributed by atoms with van der Waals surface area (Å²) in [6.07, 6.45) is 2.03. The maximum Gasteiger partial charge on any atom is 0.254 e. The summed E-state index contributed by atoms with van der Waals surface area (Å²) in [7, 11) is 4.53. The monoisotopic (exact) mass is 499 g/mol. The number of carbonyl (C=O) groups excluding carboxylic acids is 2. The molecule has 2 aromatic carbocycles. The van der Waals surface area contributed by atoms with Crippen LogP contribution in [0.3, 0.4) is 0 Å². The zero-order valence-corrected chi connectivity index (χ0v) is 21.2. The highest BCUT2D eigenvalue weighted by atomic mass is 19.1. The van der Waals surface area contributed by atoms with E-state index in [0.717, 1.165) is 31.5 Å². The van der Waals surface area contributed by atoms with Crippen LogP contribution in [0.25, 0.3) is 0 Å². The van der Waals surface area contributed by atoms with Crippen molar-refractivity contribution < 1.29 is 28.2 Å². The third-order valence-corrected chi connectivity index (χ3v) is 6.78. The van der Waals surface area contributed by atoms with E-state index >= 15 is 0 Å². The number of halogens is 1. The van der Waals surface area contributed by atoms with E-state index in [2.05, 4.69) is 4.90 Å². The van der Waals surface area contributed by atoms with Gasteiger partial charge in [0.1, 0.15) is 5.82 Å². The highest BCUT2D eigenvalue weighted by molar-refractivity contribution is 5.95. The first-order chi connectivity index (χ1) is 17.4. The molecular formula is C27H34FN3O5. The van der Waals surface area contributed by atoms with Crippen molar-refractivity contribution in [1.82, 2.24) is 14.7 Å². The van der Waals surface area contributed by atoms with Gasteiger partial charge in [0.15, 0.2) is 11.5 Å². The minimum atomic E-state index is -0.320. The van der Waals surface area contributed by atoms with Crippen LogP contribution in [0.5, 0.6) is 17.2 Å². The van der Waals surface area contributed by atoms with E-state index in [4.69, 9.17) is 14.2 Å².